The van der Waals surface area contributed by atoms with Crippen molar-refractivity contribution in [2.45, 2.75) is 35.6 Å². The van der Waals surface area contributed by atoms with Crippen LogP contribution in [0.5, 0.6) is 5.75 Å². The molecule has 4 heterocycles. The van der Waals surface area contributed by atoms with Gasteiger partial charge in [-0.05, 0) is 64.2 Å². The molecule has 1 aliphatic rings. The first-order valence-corrected chi connectivity index (χ1v) is 12.8. The maximum atomic E-state index is 9.75. The van der Waals surface area contributed by atoms with Gasteiger partial charge >= 0.3 is 0 Å². The number of aliphatic imine (C=N–C) groups is 1. The summed E-state index contributed by atoms with van der Waals surface area (Å²) in [5.74, 6) is 0.771. The molecule has 1 fully saturated rings. The average Bonchev–Trinajstić information content (AvgIpc) is 3.49. The van der Waals surface area contributed by atoms with Crippen LogP contribution in [0.25, 0.3) is 16.6 Å². The molecule has 0 saturated carbocycles. The molecule has 0 aliphatic carbocycles. The van der Waals surface area contributed by atoms with Gasteiger partial charge in [-0.3, -0.25) is 9.67 Å². The second-order valence-corrected chi connectivity index (χ2v) is 10.2. The Morgan fingerprint density at radius 1 is 1.17 bits per heavy atom. The molecule has 8 nitrogen and oxygen atoms in total. The molecule has 0 spiro atoms. The van der Waals surface area contributed by atoms with Crippen LogP contribution in [-0.4, -0.2) is 64.8 Å². The molecular formula is C27H29N7OS. The lowest BCUT2D eigenvalue weighted by Crippen LogP contribution is -2.32. The zero-order valence-corrected chi connectivity index (χ0v) is 21.8. The number of aromatic nitrogens is 4. The van der Waals surface area contributed by atoms with Gasteiger partial charge in [0.2, 0.25) is 0 Å². The van der Waals surface area contributed by atoms with Crippen molar-refractivity contribution >= 4 is 23.5 Å². The second-order valence-electron chi connectivity index (χ2n) is 9.07. The Bertz CT molecular complexity index is 1470. The predicted octanol–water partition coefficient (Wildman–Crippen LogP) is 4.85. The highest BCUT2D eigenvalue weighted by Gasteiger charge is 2.23. The number of likely N-dealkylation sites (tertiary alicyclic amines) is 1. The Labute approximate surface area is 215 Å². The number of piperidine rings is 1. The van der Waals surface area contributed by atoms with Crippen LogP contribution in [0, 0.1) is 18.3 Å². The van der Waals surface area contributed by atoms with E-state index >= 15 is 0 Å². The minimum absolute atomic E-state index is 0.414. The summed E-state index contributed by atoms with van der Waals surface area (Å²) < 4.78 is 9.40. The van der Waals surface area contributed by atoms with Gasteiger partial charge in [0.05, 0.1) is 36.6 Å². The van der Waals surface area contributed by atoms with E-state index in [1.807, 2.05) is 36.8 Å². The predicted molar refractivity (Wildman–Crippen MR) is 142 cm³/mol. The summed E-state index contributed by atoms with van der Waals surface area (Å²) >= 11 is 1.60. The molecule has 0 N–H and O–H groups in total. The summed E-state index contributed by atoms with van der Waals surface area (Å²) in [6.45, 7) is 4.31. The molecule has 0 bridgehead atoms. The highest BCUT2D eigenvalue weighted by Crippen LogP contribution is 2.39. The summed E-state index contributed by atoms with van der Waals surface area (Å²) in [5.41, 5.74) is 5.54. The fourth-order valence-corrected chi connectivity index (χ4v) is 5.90. The van der Waals surface area contributed by atoms with Gasteiger partial charge in [0.15, 0.2) is 0 Å². The number of benzene rings is 1. The highest BCUT2D eigenvalue weighted by molar-refractivity contribution is 7.99. The van der Waals surface area contributed by atoms with E-state index in [9.17, 15) is 5.26 Å². The zero-order chi connectivity index (χ0) is 25.2. The van der Waals surface area contributed by atoms with Crippen molar-refractivity contribution in [1.82, 2.24) is 24.3 Å². The molecule has 0 amide bonds. The van der Waals surface area contributed by atoms with Gasteiger partial charge < -0.3 is 9.64 Å². The van der Waals surface area contributed by atoms with Gasteiger partial charge in [-0.15, -0.1) is 0 Å². The average molecular weight is 500 g/mol. The van der Waals surface area contributed by atoms with E-state index in [0.717, 1.165) is 69.4 Å². The van der Waals surface area contributed by atoms with Crippen molar-refractivity contribution in [3.05, 3.63) is 59.7 Å². The topological polar surface area (TPSA) is 83.7 Å². The normalized spacial score (nSPS) is 15.1. The minimum atomic E-state index is 0.414. The highest BCUT2D eigenvalue weighted by atomic mass is 32.2. The van der Waals surface area contributed by atoms with Crippen LogP contribution in [0.2, 0.25) is 0 Å². The number of nitriles is 1. The van der Waals surface area contributed by atoms with E-state index < -0.39 is 0 Å². The molecule has 0 unspecified atom stereocenters. The van der Waals surface area contributed by atoms with Crippen LogP contribution in [0.3, 0.4) is 0 Å². The van der Waals surface area contributed by atoms with E-state index in [2.05, 4.69) is 45.8 Å². The fourth-order valence-electron chi connectivity index (χ4n) is 4.81. The molecule has 4 aromatic rings. The van der Waals surface area contributed by atoms with Crippen LogP contribution in [0.15, 0.2) is 57.6 Å². The number of ether oxygens (including phenoxy) is 1. The lowest BCUT2D eigenvalue weighted by atomic mass is 10.0. The van der Waals surface area contributed by atoms with Crippen LogP contribution in [0.1, 0.15) is 35.7 Å². The van der Waals surface area contributed by atoms with Crippen LogP contribution in [-0.2, 0) is 0 Å². The van der Waals surface area contributed by atoms with Gasteiger partial charge in [0.1, 0.15) is 11.8 Å². The lowest BCUT2D eigenvalue weighted by molar-refractivity contribution is 0.210. The van der Waals surface area contributed by atoms with E-state index in [1.165, 1.54) is 0 Å². The Balaban J connectivity index is 1.59. The number of hydrogen-bond donors (Lipinski definition) is 0. The van der Waals surface area contributed by atoms with Crippen molar-refractivity contribution in [2.75, 3.05) is 34.3 Å². The molecule has 9 heteroatoms. The summed E-state index contributed by atoms with van der Waals surface area (Å²) in [7, 11) is 5.58. The van der Waals surface area contributed by atoms with Crippen molar-refractivity contribution in [2.24, 2.45) is 4.99 Å². The maximum Gasteiger partial charge on any atom is 0.119 e. The van der Waals surface area contributed by atoms with Gasteiger partial charge in [-0.25, -0.2) is 4.52 Å². The molecule has 1 aliphatic heterocycles. The molecular weight excluding hydrogens is 470 g/mol. The Kier molecular flexibility index (Phi) is 6.81. The maximum absolute atomic E-state index is 9.75. The zero-order valence-electron chi connectivity index (χ0n) is 21.0. The summed E-state index contributed by atoms with van der Waals surface area (Å²) in [6, 6.07) is 10.8. The van der Waals surface area contributed by atoms with Crippen molar-refractivity contribution in [3.8, 4) is 22.9 Å². The minimum Gasteiger partial charge on any atom is -0.497 e. The first-order valence-electron chi connectivity index (χ1n) is 11.9. The fraction of sp³-hybridized carbons (Fsp3) is 0.333. The molecule has 36 heavy (non-hydrogen) atoms. The van der Waals surface area contributed by atoms with Gasteiger partial charge in [0.25, 0.3) is 0 Å². The smallest absolute Gasteiger partial charge is 0.119 e. The van der Waals surface area contributed by atoms with Gasteiger partial charge in [0, 0.05) is 51.6 Å². The first-order chi connectivity index (χ1) is 17.5. The number of fused-ring (bicyclic) bond motifs is 1. The molecule has 1 aromatic carbocycles. The number of methoxy groups -OCH3 is 1. The molecule has 184 valence electrons. The third kappa shape index (κ3) is 4.50. The Hall–Kier alpha value is -3.61. The SMILES string of the molecule is CN=Cc1cc(OC)ccc1Sc1cc(-c2cnn(C3CCN(C)CC3)c2C)cn2ncc(C#N)c12. The number of pyridine rings is 1. The van der Waals surface area contributed by atoms with E-state index in [0.29, 0.717) is 11.6 Å². The quantitative estimate of drug-likeness (QED) is 0.353. The van der Waals surface area contributed by atoms with Crippen molar-refractivity contribution < 1.29 is 4.74 Å². The first kappa shape index (κ1) is 24.1. The van der Waals surface area contributed by atoms with Crippen LogP contribution >= 0.6 is 11.8 Å². The largest absolute Gasteiger partial charge is 0.497 e. The molecule has 3 aromatic heterocycles. The van der Waals surface area contributed by atoms with E-state index in [-0.39, 0.29) is 0 Å². The van der Waals surface area contributed by atoms with Crippen LogP contribution in [0.4, 0.5) is 0 Å². The van der Waals surface area contributed by atoms with E-state index in [4.69, 9.17) is 9.84 Å². The van der Waals surface area contributed by atoms with Crippen molar-refractivity contribution in [3.63, 3.8) is 0 Å². The third-order valence-corrected chi connectivity index (χ3v) is 7.91. The number of nitrogens with zero attached hydrogens (tertiary/aromatic N) is 7. The van der Waals surface area contributed by atoms with Gasteiger partial charge in [-0.1, -0.05) is 11.8 Å². The Morgan fingerprint density at radius 2 is 1.97 bits per heavy atom. The van der Waals surface area contributed by atoms with E-state index in [1.54, 1.807) is 36.6 Å². The lowest BCUT2D eigenvalue weighted by Gasteiger charge is -2.29. The molecule has 0 radical (unpaired) electrons. The second kappa shape index (κ2) is 10.2. The summed E-state index contributed by atoms with van der Waals surface area (Å²) in [4.78, 5) is 8.56. The summed E-state index contributed by atoms with van der Waals surface area (Å²) in [5, 5.41) is 19.0. The molecule has 1 saturated heterocycles. The van der Waals surface area contributed by atoms with Crippen molar-refractivity contribution in [1.29, 1.82) is 5.26 Å². The monoisotopic (exact) mass is 499 g/mol. The molecule has 0 atom stereocenters. The standard InChI is InChI=1S/C27H29N7OS/c1-18-24(16-31-34(18)22-7-9-32(3)10-8-22)20-12-26(27-21(13-28)15-30-33(27)17-20)36-25-6-5-23(35-4)11-19(25)14-29-2/h5-6,11-12,14-17,22H,7-10H2,1-4H3. The van der Waals surface area contributed by atoms with Gasteiger partial charge in [-0.2, -0.15) is 15.5 Å². The van der Waals surface area contributed by atoms with Crippen LogP contribution < -0.4 is 4.74 Å². The Morgan fingerprint density at radius 3 is 2.69 bits per heavy atom. The summed E-state index contributed by atoms with van der Waals surface area (Å²) in [6.07, 6.45) is 9.60. The number of rotatable bonds is 6. The number of hydrogen-bond acceptors (Lipinski definition) is 7. The third-order valence-electron chi connectivity index (χ3n) is 6.79. The molecule has 5 rings (SSSR count).